The van der Waals surface area contributed by atoms with Crippen LogP contribution in [0.15, 0.2) is 64.4 Å². The number of unbranched alkanes of at least 4 members (excludes halogenated alkanes) is 1. The molecule has 0 radical (unpaired) electrons. The number of carbonyl (C=O) groups excluding carboxylic acids is 1. The molecule has 3 aromatic rings. The quantitative estimate of drug-likeness (QED) is 0.122. The molecule has 190 valence electrons. The SMILES string of the molecule is CCCC[C@@H](CC(c1cccs1)N(Cc1cccs1)C(=O)O)NC(=O)NCc1ccc(N=[N+]=[N-])cc1. The lowest BCUT2D eigenvalue weighted by Crippen LogP contribution is -2.44. The van der Waals surface area contributed by atoms with Gasteiger partial charge in [-0.15, -0.1) is 22.7 Å². The van der Waals surface area contributed by atoms with E-state index in [0.717, 1.165) is 34.6 Å². The fourth-order valence-electron chi connectivity index (χ4n) is 3.88. The van der Waals surface area contributed by atoms with E-state index in [4.69, 9.17) is 5.53 Å². The van der Waals surface area contributed by atoms with Gasteiger partial charge in [0.15, 0.2) is 0 Å². The zero-order valence-electron chi connectivity index (χ0n) is 20.0. The van der Waals surface area contributed by atoms with Crippen LogP contribution in [0.25, 0.3) is 10.4 Å². The van der Waals surface area contributed by atoms with Crippen LogP contribution in [0, 0.1) is 0 Å². The first-order chi connectivity index (χ1) is 17.5. The number of nitrogens with zero attached hydrogens (tertiary/aromatic N) is 4. The maximum Gasteiger partial charge on any atom is 0.408 e. The summed E-state index contributed by atoms with van der Waals surface area (Å²) in [6, 6.07) is 13.8. The molecule has 0 bridgehead atoms. The first kappa shape index (κ1) is 27.1. The zero-order valence-corrected chi connectivity index (χ0v) is 21.7. The number of hydrogen-bond donors (Lipinski definition) is 3. The molecule has 11 heteroatoms. The average Bonchev–Trinajstić information content (AvgIpc) is 3.59. The highest BCUT2D eigenvalue weighted by atomic mass is 32.1. The normalized spacial score (nSPS) is 12.2. The Kier molecular flexibility index (Phi) is 10.6. The number of azide groups is 1. The van der Waals surface area contributed by atoms with Gasteiger partial charge >= 0.3 is 12.1 Å². The van der Waals surface area contributed by atoms with Crippen LogP contribution in [0.4, 0.5) is 15.3 Å². The van der Waals surface area contributed by atoms with Crippen LogP contribution in [0.3, 0.4) is 0 Å². The minimum Gasteiger partial charge on any atom is -0.465 e. The van der Waals surface area contributed by atoms with Crippen LogP contribution in [0.1, 0.15) is 54.0 Å². The van der Waals surface area contributed by atoms with Crippen LogP contribution in [-0.4, -0.2) is 28.2 Å². The molecular formula is C25H30N6O3S2. The summed E-state index contributed by atoms with van der Waals surface area (Å²) in [5.74, 6) is 0. The van der Waals surface area contributed by atoms with Crippen molar-refractivity contribution in [1.29, 1.82) is 0 Å². The minimum atomic E-state index is -0.982. The third kappa shape index (κ3) is 8.30. The molecule has 1 aromatic carbocycles. The van der Waals surface area contributed by atoms with Gasteiger partial charge in [0.1, 0.15) is 0 Å². The molecule has 9 nitrogen and oxygen atoms in total. The van der Waals surface area contributed by atoms with Crippen molar-refractivity contribution in [2.75, 3.05) is 0 Å². The van der Waals surface area contributed by atoms with Crippen LogP contribution in [0.5, 0.6) is 0 Å². The molecular weight excluding hydrogens is 496 g/mol. The molecule has 0 saturated carbocycles. The fourth-order valence-corrected chi connectivity index (χ4v) is 5.43. The Morgan fingerprint density at radius 1 is 1.14 bits per heavy atom. The molecule has 36 heavy (non-hydrogen) atoms. The Hall–Kier alpha value is -3.53. The van der Waals surface area contributed by atoms with Crippen LogP contribution >= 0.6 is 22.7 Å². The van der Waals surface area contributed by atoms with E-state index < -0.39 is 6.09 Å². The fraction of sp³-hybridized carbons (Fsp3) is 0.360. The first-order valence-corrected chi connectivity index (χ1v) is 13.5. The number of carboxylic acid groups (broad SMARTS) is 1. The number of nitrogens with one attached hydrogen (secondary N) is 2. The lowest BCUT2D eigenvalue weighted by molar-refractivity contribution is 0.114. The number of amides is 3. The molecule has 0 aliphatic carbocycles. The molecule has 2 aromatic heterocycles. The van der Waals surface area contributed by atoms with E-state index in [-0.39, 0.29) is 18.1 Å². The molecule has 0 saturated heterocycles. The molecule has 2 heterocycles. The number of carbonyl (C=O) groups is 2. The van der Waals surface area contributed by atoms with Gasteiger partial charge in [0.25, 0.3) is 0 Å². The molecule has 0 fully saturated rings. The van der Waals surface area contributed by atoms with Gasteiger partial charge < -0.3 is 15.7 Å². The largest absolute Gasteiger partial charge is 0.465 e. The molecule has 3 amide bonds. The second-order valence-electron chi connectivity index (χ2n) is 8.28. The molecule has 3 rings (SSSR count). The van der Waals surface area contributed by atoms with Gasteiger partial charge in [-0.05, 0) is 46.8 Å². The smallest absolute Gasteiger partial charge is 0.408 e. The molecule has 0 spiro atoms. The Labute approximate surface area is 218 Å². The summed E-state index contributed by atoms with van der Waals surface area (Å²) in [6.45, 7) is 2.71. The summed E-state index contributed by atoms with van der Waals surface area (Å²) in [7, 11) is 0. The highest BCUT2D eigenvalue weighted by Crippen LogP contribution is 2.32. The van der Waals surface area contributed by atoms with Crippen molar-refractivity contribution in [3.05, 3.63) is 85.1 Å². The summed E-state index contributed by atoms with van der Waals surface area (Å²) in [4.78, 5) is 31.2. The number of hydrogen-bond acceptors (Lipinski definition) is 5. The average molecular weight is 527 g/mol. The Balaban J connectivity index is 1.70. The molecule has 1 unspecified atom stereocenters. The van der Waals surface area contributed by atoms with Crippen molar-refractivity contribution in [3.8, 4) is 0 Å². The van der Waals surface area contributed by atoms with Crippen LogP contribution < -0.4 is 10.6 Å². The summed E-state index contributed by atoms with van der Waals surface area (Å²) in [5.41, 5.74) is 9.90. The van der Waals surface area contributed by atoms with Crippen LogP contribution in [0.2, 0.25) is 0 Å². The Morgan fingerprint density at radius 2 is 1.89 bits per heavy atom. The second kappa shape index (κ2) is 14.1. The van der Waals surface area contributed by atoms with Gasteiger partial charge in [-0.25, -0.2) is 9.59 Å². The number of benzene rings is 1. The second-order valence-corrected chi connectivity index (χ2v) is 10.3. The zero-order chi connectivity index (χ0) is 25.8. The molecule has 0 aliphatic rings. The summed E-state index contributed by atoms with van der Waals surface area (Å²) in [5, 5.41) is 23.5. The van der Waals surface area contributed by atoms with Gasteiger partial charge in [0.05, 0.1) is 12.6 Å². The number of urea groups is 1. The standard InChI is InChI=1S/C25H30N6O3S2/c1-2-3-6-20(28-24(32)27-16-18-9-11-19(12-10-18)29-30-26)15-22(23-8-5-14-36-23)31(25(33)34)17-21-7-4-13-35-21/h4-5,7-14,20,22H,2-3,6,15-17H2,1H3,(H,33,34)(H2,27,28,32)/t20-,22?/m0/s1. The highest BCUT2D eigenvalue weighted by Gasteiger charge is 2.29. The summed E-state index contributed by atoms with van der Waals surface area (Å²) < 4.78 is 0. The van der Waals surface area contributed by atoms with E-state index in [9.17, 15) is 14.7 Å². The number of thiophene rings is 2. The lowest BCUT2D eigenvalue weighted by Gasteiger charge is -2.32. The van der Waals surface area contributed by atoms with Gasteiger partial charge in [-0.1, -0.05) is 61.3 Å². The van der Waals surface area contributed by atoms with E-state index >= 15 is 0 Å². The maximum atomic E-state index is 12.8. The van der Waals surface area contributed by atoms with Gasteiger partial charge in [-0.3, -0.25) is 4.90 Å². The third-order valence-corrected chi connectivity index (χ3v) is 7.53. The van der Waals surface area contributed by atoms with Crippen molar-refractivity contribution < 1.29 is 14.7 Å². The van der Waals surface area contributed by atoms with Crippen molar-refractivity contribution in [3.63, 3.8) is 0 Å². The summed E-state index contributed by atoms with van der Waals surface area (Å²) >= 11 is 3.06. The van der Waals surface area contributed by atoms with E-state index in [0.29, 0.717) is 25.2 Å². The third-order valence-electron chi connectivity index (χ3n) is 5.70. The highest BCUT2D eigenvalue weighted by molar-refractivity contribution is 7.10. The first-order valence-electron chi connectivity index (χ1n) is 11.7. The van der Waals surface area contributed by atoms with E-state index in [2.05, 4.69) is 27.6 Å². The predicted octanol–water partition coefficient (Wildman–Crippen LogP) is 7.42. The van der Waals surface area contributed by atoms with Gasteiger partial charge in [0.2, 0.25) is 0 Å². The topological polar surface area (TPSA) is 130 Å². The van der Waals surface area contributed by atoms with Crippen LogP contribution in [-0.2, 0) is 13.1 Å². The Morgan fingerprint density at radius 3 is 2.50 bits per heavy atom. The monoisotopic (exact) mass is 526 g/mol. The van der Waals surface area contributed by atoms with E-state index in [1.807, 2.05) is 35.0 Å². The summed E-state index contributed by atoms with van der Waals surface area (Å²) in [6.07, 6.45) is 2.13. The van der Waals surface area contributed by atoms with Crippen molar-refractivity contribution in [2.45, 2.75) is 57.8 Å². The number of rotatable bonds is 13. The van der Waals surface area contributed by atoms with E-state index in [1.165, 1.54) is 27.6 Å². The van der Waals surface area contributed by atoms with E-state index in [1.54, 1.807) is 24.3 Å². The van der Waals surface area contributed by atoms with Crippen molar-refractivity contribution >= 4 is 40.5 Å². The molecule has 0 aliphatic heterocycles. The minimum absolute atomic E-state index is 0.199. The lowest BCUT2D eigenvalue weighted by atomic mass is 9.99. The van der Waals surface area contributed by atoms with Crippen molar-refractivity contribution in [1.82, 2.24) is 15.5 Å². The van der Waals surface area contributed by atoms with Gasteiger partial charge in [-0.2, -0.15) is 0 Å². The van der Waals surface area contributed by atoms with Gasteiger partial charge in [0, 0.05) is 32.9 Å². The molecule has 3 N–H and O–H groups in total. The molecule has 2 atom stereocenters. The Bertz CT molecular complexity index is 1130. The van der Waals surface area contributed by atoms with Crippen molar-refractivity contribution in [2.24, 2.45) is 5.11 Å². The predicted molar refractivity (Wildman–Crippen MR) is 143 cm³/mol. The maximum absolute atomic E-state index is 12.8.